The number of halogens is 2. The lowest BCUT2D eigenvalue weighted by molar-refractivity contribution is -0.377. The lowest BCUT2D eigenvalue weighted by Gasteiger charge is -2.26. The van der Waals surface area contributed by atoms with E-state index >= 15 is 0 Å². The molecule has 3 aromatic rings. The van der Waals surface area contributed by atoms with Crippen LogP contribution in [0.15, 0.2) is 65.8 Å². The van der Waals surface area contributed by atoms with E-state index in [1.807, 2.05) is 0 Å². The molecule has 2 N–H and O–H groups in total. The van der Waals surface area contributed by atoms with E-state index in [0.29, 0.717) is 58.0 Å². The summed E-state index contributed by atoms with van der Waals surface area (Å²) in [6, 6.07) is 12.5. The van der Waals surface area contributed by atoms with Crippen LogP contribution in [-0.2, 0) is 26.0 Å². The second kappa shape index (κ2) is 13.4. The van der Waals surface area contributed by atoms with Gasteiger partial charge in [0, 0.05) is 18.5 Å². The maximum atomic E-state index is 13.7. The van der Waals surface area contributed by atoms with E-state index in [-0.39, 0.29) is 23.3 Å². The normalized spacial score (nSPS) is 17.9. The summed E-state index contributed by atoms with van der Waals surface area (Å²) in [4.78, 5) is 16.7. The maximum Gasteiger partial charge on any atom is 0.325 e. The molecule has 2 fully saturated rings. The molecule has 0 bridgehead atoms. The van der Waals surface area contributed by atoms with Crippen molar-refractivity contribution in [3.05, 3.63) is 82.1 Å². The van der Waals surface area contributed by atoms with Crippen molar-refractivity contribution >= 4 is 39.2 Å². The van der Waals surface area contributed by atoms with Crippen LogP contribution in [0.3, 0.4) is 0 Å². The largest absolute Gasteiger partial charge is 0.870 e. The minimum atomic E-state index is -3.88. The van der Waals surface area contributed by atoms with Gasteiger partial charge in [-0.15, -0.1) is 0 Å². The van der Waals surface area contributed by atoms with Crippen molar-refractivity contribution in [2.45, 2.75) is 49.1 Å². The summed E-state index contributed by atoms with van der Waals surface area (Å²) in [6.45, 7) is 0.806. The van der Waals surface area contributed by atoms with Crippen LogP contribution in [0.2, 0.25) is 10.0 Å². The number of carbonyl (C=O) groups is 1. The molecule has 0 spiro atoms. The number of nitrogens with zero attached hydrogens (tertiary/aromatic N) is 1. The van der Waals surface area contributed by atoms with Gasteiger partial charge in [0.1, 0.15) is 22.2 Å². The van der Waals surface area contributed by atoms with E-state index in [4.69, 9.17) is 37.4 Å². The molecule has 1 aliphatic carbocycles. The second-order valence-electron chi connectivity index (χ2n) is 10.0. The Bertz CT molecular complexity index is 1450. The molecule has 1 aliphatic heterocycles. The van der Waals surface area contributed by atoms with Crippen LogP contribution < -0.4 is 14.5 Å². The number of nitrogens with one attached hydrogen (secondary N) is 1. The minimum absolute atomic E-state index is 0. The monoisotopic (exact) mass is 622 g/mol. The number of esters is 1. The first-order valence-corrected chi connectivity index (χ1v) is 15.4. The van der Waals surface area contributed by atoms with E-state index in [9.17, 15) is 13.2 Å². The Morgan fingerprint density at radius 1 is 1.05 bits per heavy atom. The summed E-state index contributed by atoms with van der Waals surface area (Å²) in [6.07, 6.45) is 5.73. The number of hydrogen-bond acceptors (Lipinski definition) is 7. The molecule has 1 saturated heterocycles. The molecule has 1 unspecified atom stereocenters. The first kappa shape index (κ1) is 31.1. The number of methoxy groups -OCH3 is 1. The zero-order valence-corrected chi connectivity index (χ0v) is 24.8. The minimum Gasteiger partial charge on any atom is -0.870 e. The topological polar surface area (TPSA) is 126 Å². The van der Waals surface area contributed by atoms with Gasteiger partial charge in [0.05, 0.1) is 18.6 Å². The lowest BCUT2D eigenvalue weighted by Crippen LogP contribution is -2.41. The summed E-state index contributed by atoms with van der Waals surface area (Å²) in [5, 5.41) is 0.780. The quantitative estimate of drug-likeness (QED) is 0.272. The van der Waals surface area contributed by atoms with Crippen LogP contribution in [0.4, 0.5) is 0 Å². The average Bonchev–Trinajstić information content (AvgIpc) is 3.65. The molecule has 2 heterocycles. The third-order valence-corrected chi connectivity index (χ3v) is 9.80. The highest BCUT2D eigenvalue weighted by molar-refractivity contribution is 7.89. The van der Waals surface area contributed by atoms with Crippen LogP contribution in [0.1, 0.15) is 42.9 Å². The highest BCUT2D eigenvalue weighted by Gasteiger charge is 2.41. The zero-order valence-electron chi connectivity index (χ0n) is 22.5. The van der Waals surface area contributed by atoms with Gasteiger partial charge in [-0.1, -0.05) is 47.5 Å². The van der Waals surface area contributed by atoms with E-state index < -0.39 is 28.1 Å². The Balaban J connectivity index is 0.00000387. The Kier molecular flexibility index (Phi) is 10.1. The smallest absolute Gasteiger partial charge is 0.325 e. The van der Waals surface area contributed by atoms with Gasteiger partial charge >= 0.3 is 5.97 Å². The van der Waals surface area contributed by atoms with Gasteiger partial charge in [0.15, 0.2) is 23.9 Å². The molecule has 12 heteroatoms. The predicted octanol–water partition coefficient (Wildman–Crippen LogP) is 5.11. The van der Waals surface area contributed by atoms with Crippen molar-refractivity contribution in [2.75, 3.05) is 20.3 Å². The van der Waals surface area contributed by atoms with Crippen LogP contribution >= 0.6 is 23.2 Å². The van der Waals surface area contributed by atoms with E-state index in [1.165, 1.54) is 16.4 Å². The average molecular weight is 624 g/mol. The molecule has 2 atom stereocenters. The van der Waals surface area contributed by atoms with Crippen LogP contribution in [0.25, 0.3) is 0 Å². The zero-order chi connectivity index (χ0) is 28.3. The van der Waals surface area contributed by atoms with Crippen molar-refractivity contribution in [1.82, 2.24) is 4.31 Å². The molecule has 220 valence electrons. The van der Waals surface area contributed by atoms with Crippen LogP contribution in [0.5, 0.6) is 11.5 Å². The van der Waals surface area contributed by atoms with Crippen LogP contribution in [-0.4, -0.2) is 50.5 Å². The molecular formula is C29H32Cl2N2O7S. The molecule has 2 aromatic carbocycles. The van der Waals surface area contributed by atoms with E-state index in [0.717, 1.165) is 12.8 Å². The molecule has 1 saturated carbocycles. The molecular weight excluding hydrogens is 591 g/mol. The molecule has 9 nitrogen and oxygen atoms in total. The van der Waals surface area contributed by atoms with Crippen molar-refractivity contribution in [3.8, 4) is 11.5 Å². The van der Waals surface area contributed by atoms with Crippen molar-refractivity contribution in [3.63, 3.8) is 0 Å². The summed E-state index contributed by atoms with van der Waals surface area (Å²) in [5.41, 5.74) is 1.24. The summed E-state index contributed by atoms with van der Waals surface area (Å²) < 4.78 is 45.6. The number of carbonyl (C=O) groups excluding carboxylic acids is 1. The number of benzene rings is 2. The van der Waals surface area contributed by atoms with E-state index in [1.54, 1.807) is 55.9 Å². The summed E-state index contributed by atoms with van der Waals surface area (Å²) in [7, 11) is -2.31. The third-order valence-electron chi connectivity index (χ3n) is 7.20. The fourth-order valence-corrected chi connectivity index (χ4v) is 6.99. The van der Waals surface area contributed by atoms with Crippen molar-refractivity contribution < 1.29 is 37.9 Å². The molecule has 1 aromatic heterocycles. The number of rotatable bonds is 11. The number of pyridine rings is 1. The van der Waals surface area contributed by atoms with Gasteiger partial charge in [-0.3, -0.25) is 4.79 Å². The Morgan fingerprint density at radius 2 is 1.76 bits per heavy atom. The SMILES string of the molecule is COc1ccc(C(Cc2c(Cl)c[nH+]cc2Cl)OC(=O)[C@@H]2CCCN2S(=O)(=O)c2ccccc2)cc1OCC1CC1.[OH-]. The van der Waals surface area contributed by atoms with Gasteiger partial charge in [-0.25, -0.2) is 13.4 Å². The van der Waals surface area contributed by atoms with E-state index in [2.05, 4.69) is 4.98 Å². The lowest BCUT2D eigenvalue weighted by atomic mass is 10.0. The van der Waals surface area contributed by atoms with Crippen molar-refractivity contribution in [1.29, 1.82) is 0 Å². The molecule has 0 radical (unpaired) electrons. The fourth-order valence-electron chi connectivity index (χ4n) is 4.79. The standard InChI is InChI=1S/C29H30Cl2N2O6S.H2O/c1-37-26-12-11-20(14-28(26)38-18-19-9-10-19)27(15-22-23(30)16-32-17-24(22)31)39-29(34)25-8-5-13-33(25)40(35,36)21-6-3-2-4-7-21;/h2-4,6-7,11-12,14,16-17,19,25,27H,5,8-10,13,15,18H2,1H3;1H2/t25-,27?;/m0./s1. The maximum absolute atomic E-state index is 13.7. The third kappa shape index (κ3) is 7.13. The first-order valence-electron chi connectivity index (χ1n) is 13.2. The molecule has 2 aliphatic rings. The Hall–Kier alpha value is -2.89. The van der Waals surface area contributed by atoms with Gasteiger partial charge in [0.2, 0.25) is 10.0 Å². The number of ether oxygens (including phenoxy) is 3. The highest BCUT2D eigenvalue weighted by atomic mass is 35.5. The first-order chi connectivity index (χ1) is 19.3. The summed E-state index contributed by atoms with van der Waals surface area (Å²) >= 11 is 12.9. The Morgan fingerprint density at radius 3 is 2.41 bits per heavy atom. The number of hydrogen-bond donors (Lipinski definition) is 0. The molecule has 5 rings (SSSR count). The molecule has 0 amide bonds. The Labute approximate surface area is 249 Å². The van der Waals surface area contributed by atoms with Crippen molar-refractivity contribution in [2.24, 2.45) is 5.92 Å². The van der Waals surface area contributed by atoms with Gasteiger partial charge < -0.3 is 19.7 Å². The predicted molar refractivity (Wildman–Crippen MR) is 152 cm³/mol. The number of aromatic amines is 1. The highest BCUT2D eigenvalue weighted by Crippen LogP contribution is 2.38. The fraction of sp³-hybridized carbons (Fsp3) is 0.379. The van der Waals surface area contributed by atoms with Crippen LogP contribution in [0, 0.1) is 5.92 Å². The number of H-pyrrole nitrogens is 1. The summed E-state index contributed by atoms with van der Waals surface area (Å²) in [5.74, 6) is 1.00. The number of aromatic nitrogens is 1. The number of sulfonamides is 1. The van der Waals surface area contributed by atoms with Gasteiger partial charge in [-0.2, -0.15) is 4.31 Å². The molecule has 41 heavy (non-hydrogen) atoms. The van der Waals surface area contributed by atoms with Gasteiger partial charge in [0.25, 0.3) is 0 Å². The second-order valence-corrected chi connectivity index (χ2v) is 12.7. The van der Waals surface area contributed by atoms with Gasteiger partial charge in [-0.05, 0) is 61.4 Å².